The number of hydrogen-bond donors (Lipinski definition) is 2. The molecule has 0 heterocycles. The second-order valence-electron chi connectivity index (χ2n) is 15.7. The predicted octanol–water partition coefficient (Wildman–Crippen LogP) is 7.36. The number of rotatable bonds is 12. The van der Waals surface area contributed by atoms with E-state index >= 15 is 0 Å². The van der Waals surface area contributed by atoms with E-state index in [1.807, 2.05) is 6.92 Å². The normalized spacial score (nSPS) is 33.4. The molecule has 0 aromatic heterocycles. The molecule has 4 aliphatic rings. The Bertz CT molecular complexity index is 1540. The summed E-state index contributed by atoms with van der Waals surface area (Å²) in [6.45, 7) is 15.4. The molecule has 4 unspecified atom stereocenters. The second kappa shape index (κ2) is 13.9. The van der Waals surface area contributed by atoms with Gasteiger partial charge in [-0.1, -0.05) is 64.5 Å². The fourth-order valence-electron chi connectivity index (χ4n) is 10.6. The van der Waals surface area contributed by atoms with E-state index in [1.54, 1.807) is 42.5 Å². The molecule has 1 aromatic rings. The van der Waals surface area contributed by atoms with Gasteiger partial charge in [-0.05, 0) is 128 Å². The van der Waals surface area contributed by atoms with E-state index in [0.717, 1.165) is 57.8 Å². The maximum absolute atomic E-state index is 13.1. The Morgan fingerprint density at radius 1 is 1.06 bits per heavy atom. The number of benzene rings is 1. The van der Waals surface area contributed by atoms with Crippen LogP contribution in [0.1, 0.15) is 110 Å². The van der Waals surface area contributed by atoms with Gasteiger partial charge in [-0.15, -0.1) is 0 Å². The Morgan fingerprint density at radius 3 is 2.38 bits per heavy atom. The van der Waals surface area contributed by atoms with E-state index in [9.17, 15) is 27.7 Å². The lowest BCUT2D eigenvalue weighted by Crippen LogP contribution is -2.52. The van der Waals surface area contributed by atoms with Gasteiger partial charge in [0, 0.05) is 5.57 Å². The molecule has 9 nitrogen and oxygen atoms in total. The number of carbonyl (C=O) groups is 2. The summed E-state index contributed by atoms with van der Waals surface area (Å²) in [5, 5.41) is 12.5. The van der Waals surface area contributed by atoms with Crippen LogP contribution < -0.4 is 10.1 Å². The molecule has 0 bridgehead atoms. The summed E-state index contributed by atoms with van der Waals surface area (Å²) >= 11 is 0. The molecule has 2 N–H and O–H groups in total. The Morgan fingerprint density at radius 2 is 1.75 bits per heavy atom. The van der Waals surface area contributed by atoms with Crippen molar-refractivity contribution in [1.29, 1.82) is 0 Å². The van der Waals surface area contributed by atoms with Crippen molar-refractivity contribution >= 4 is 22.3 Å². The highest BCUT2D eigenvalue weighted by molar-refractivity contribution is 7.80. The van der Waals surface area contributed by atoms with Crippen LogP contribution in [-0.4, -0.2) is 43.2 Å². The summed E-state index contributed by atoms with van der Waals surface area (Å²) < 4.78 is 44.4. The molecule has 1 aromatic carbocycles. The van der Waals surface area contributed by atoms with Crippen molar-refractivity contribution in [2.45, 2.75) is 111 Å². The van der Waals surface area contributed by atoms with Gasteiger partial charge < -0.3 is 19.7 Å². The minimum Gasteiger partial charge on any atom is -0.726 e. The van der Waals surface area contributed by atoms with E-state index < -0.39 is 34.4 Å². The molecule has 10 atom stereocenters. The Labute approximate surface area is 286 Å². The van der Waals surface area contributed by atoms with Gasteiger partial charge in [0.25, 0.3) is 0 Å². The summed E-state index contributed by atoms with van der Waals surface area (Å²) in [7, 11) is -3.18. The number of aliphatic carboxylic acids is 1. The first-order valence-corrected chi connectivity index (χ1v) is 19.1. The molecular formula is C38H54NO8S-. The zero-order valence-electron chi connectivity index (χ0n) is 29.4. The summed E-state index contributed by atoms with van der Waals surface area (Å²) in [6, 6.07) is 5.46. The van der Waals surface area contributed by atoms with Gasteiger partial charge in [0.1, 0.15) is 5.75 Å². The molecule has 266 valence electrons. The Kier molecular flexibility index (Phi) is 10.6. The van der Waals surface area contributed by atoms with Crippen molar-refractivity contribution in [2.24, 2.45) is 46.3 Å². The van der Waals surface area contributed by atoms with Crippen molar-refractivity contribution in [3.63, 3.8) is 0 Å². The monoisotopic (exact) mass is 684 g/mol. The predicted molar refractivity (Wildman–Crippen MR) is 183 cm³/mol. The first-order valence-electron chi connectivity index (χ1n) is 17.7. The van der Waals surface area contributed by atoms with Crippen LogP contribution in [0.25, 0.3) is 0 Å². The van der Waals surface area contributed by atoms with Crippen LogP contribution in [0.5, 0.6) is 5.75 Å². The molecule has 0 aliphatic heterocycles. The Hall–Kier alpha value is -2.69. The molecule has 3 fully saturated rings. The first-order chi connectivity index (χ1) is 22.5. The molecule has 4 aliphatic carbocycles. The van der Waals surface area contributed by atoms with E-state index in [0.29, 0.717) is 47.0 Å². The number of nitrogens with one attached hydrogen (secondary N) is 1. The lowest BCUT2D eigenvalue weighted by Gasteiger charge is -2.59. The molecular weight excluding hydrogens is 630 g/mol. The number of methoxy groups -OCH3 is 1. The zero-order valence-corrected chi connectivity index (χ0v) is 30.2. The van der Waals surface area contributed by atoms with Crippen LogP contribution in [0.15, 0.2) is 47.6 Å². The molecule has 0 radical (unpaired) electrons. The zero-order chi connectivity index (χ0) is 35.2. The van der Waals surface area contributed by atoms with Crippen LogP contribution in [0, 0.1) is 46.3 Å². The van der Waals surface area contributed by atoms with Gasteiger partial charge in [0.15, 0.2) is 6.04 Å². The summed E-state index contributed by atoms with van der Waals surface area (Å²) in [6.07, 6.45) is 9.32. The van der Waals surface area contributed by atoms with Gasteiger partial charge in [-0.25, -0.2) is 13.2 Å². The maximum Gasteiger partial charge on any atom is 0.330 e. The molecule has 48 heavy (non-hydrogen) atoms. The van der Waals surface area contributed by atoms with Gasteiger partial charge in [0.05, 0.1) is 13.2 Å². The number of fused-ring (bicyclic) bond motifs is 4. The van der Waals surface area contributed by atoms with Crippen molar-refractivity contribution in [3.05, 3.63) is 53.1 Å². The number of ether oxygens (including phenoxy) is 1. The average Bonchev–Trinajstić information content (AvgIpc) is 3.40. The fraction of sp³-hybridized carbons (Fsp3) is 0.684. The van der Waals surface area contributed by atoms with Crippen LogP contribution in [0.4, 0.5) is 0 Å². The second-order valence-corrected chi connectivity index (χ2v) is 16.8. The van der Waals surface area contributed by atoms with E-state index in [2.05, 4.69) is 39.6 Å². The number of carboxylic acid groups (broad SMARTS) is 1. The lowest BCUT2D eigenvalue weighted by atomic mass is 9.47. The third-order valence-electron chi connectivity index (χ3n) is 13.4. The molecule has 5 rings (SSSR count). The Balaban J connectivity index is 1.21. The van der Waals surface area contributed by atoms with Crippen molar-refractivity contribution < 1.29 is 36.6 Å². The lowest BCUT2D eigenvalue weighted by molar-refractivity contribution is -0.141. The summed E-state index contributed by atoms with van der Waals surface area (Å²) in [5.41, 5.74) is 4.42. The van der Waals surface area contributed by atoms with Crippen LogP contribution in [0.3, 0.4) is 0 Å². The first kappa shape index (κ1) is 36.6. The van der Waals surface area contributed by atoms with E-state index in [-0.39, 0.29) is 22.7 Å². The highest BCUT2D eigenvalue weighted by atomic mass is 32.3. The third kappa shape index (κ3) is 6.99. The highest BCUT2D eigenvalue weighted by Gasteiger charge is 2.57. The van der Waals surface area contributed by atoms with Crippen LogP contribution >= 0.6 is 0 Å². The van der Waals surface area contributed by atoms with Gasteiger partial charge >= 0.3 is 5.97 Å². The average molecular weight is 685 g/mol. The van der Waals surface area contributed by atoms with Crippen LogP contribution in [-0.2, 0) is 24.2 Å². The topological polar surface area (TPSA) is 142 Å². The smallest absolute Gasteiger partial charge is 0.330 e. The quantitative estimate of drug-likeness (QED) is 0.101. The molecule has 10 heteroatoms. The third-order valence-corrected chi connectivity index (χ3v) is 13.9. The molecule has 0 saturated heterocycles. The van der Waals surface area contributed by atoms with E-state index in [1.165, 1.54) is 0 Å². The van der Waals surface area contributed by atoms with Crippen molar-refractivity contribution in [1.82, 2.24) is 5.32 Å². The van der Waals surface area contributed by atoms with Gasteiger partial charge in [0.2, 0.25) is 16.3 Å². The number of allylic oxidation sites excluding steroid dienone is 2. The summed E-state index contributed by atoms with van der Waals surface area (Å²) in [4.78, 5) is 25.2. The number of carboxylic acids is 1. The maximum atomic E-state index is 13.1. The number of carbonyl (C=O) groups excluding carboxylic acids is 1. The van der Waals surface area contributed by atoms with Crippen molar-refractivity contribution in [2.75, 3.05) is 7.11 Å². The SMILES string of the molecule is C=C(C(=O)NC(C(=O)O)c1ccc(OC)cc1)C(C)CC[C@@H](C)[C@H]1CCC2=C3CCC4[C@H](C)[C@@H](OS(=O)(=O)[O-])CC[C@]4(C)C3CC[C@@]21C. The van der Waals surface area contributed by atoms with Gasteiger partial charge in [-0.3, -0.25) is 8.98 Å². The molecule has 0 spiro atoms. The van der Waals surface area contributed by atoms with E-state index in [4.69, 9.17) is 8.92 Å². The summed E-state index contributed by atoms with van der Waals surface area (Å²) in [5.74, 6) is 0.817. The minimum absolute atomic E-state index is 0.0277. The number of hydrogen-bond acceptors (Lipinski definition) is 7. The fourth-order valence-corrected chi connectivity index (χ4v) is 11.2. The minimum atomic E-state index is -4.72. The van der Waals surface area contributed by atoms with Crippen molar-refractivity contribution in [3.8, 4) is 5.75 Å². The largest absolute Gasteiger partial charge is 0.726 e. The van der Waals surface area contributed by atoms with Crippen LogP contribution in [0.2, 0.25) is 0 Å². The van der Waals surface area contributed by atoms with Gasteiger partial charge in [-0.2, -0.15) is 0 Å². The molecule has 3 saturated carbocycles. The standard InChI is InChI=1S/C38H55NO8S/c1-22(24(3)35(40)39-34(36(41)42)26-10-12-27(46-7)13-11-26)8-9-23(2)29-16-17-31-28-14-15-30-25(4)33(47-48(43,44)45)19-21-38(30,6)32(28)18-20-37(29,31)5/h10-13,22-23,25,29-30,32-34H,3,8-9,14-21H2,1-2,4-7H3,(H,39,40)(H,41,42)(H,43,44,45)/p-1/t22?,23-,25+,29-,30?,32?,33+,34?,37-,38+/m1/s1. The number of amides is 1. The highest BCUT2D eigenvalue weighted by Crippen LogP contribution is 2.66. The molecule has 1 amide bonds.